The molecule has 0 amide bonds. The van der Waals surface area contributed by atoms with Crippen molar-refractivity contribution in [2.24, 2.45) is 7.05 Å². The van der Waals surface area contributed by atoms with E-state index in [-0.39, 0.29) is 5.56 Å². The first kappa shape index (κ1) is 11.9. The number of anilines is 2. The molecule has 0 saturated carbocycles. The van der Waals surface area contributed by atoms with Gasteiger partial charge in [-0.2, -0.15) is 5.10 Å². The lowest BCUT2D eigenvalue weighted by molar-refractivity contribution is 0.743. The molecule has 2 aromatic heterocycles. The number of H-pyrrole nitrogens is 1. The molecule has 0 radical (unpaired) electrons. The van der Waals surface area contributed by atoms with Gasteiger partial charge in [-0.1, -0.05) is 0 Å². The van der Waals surface area contributed by atoms with Crippen molar-refractivity contribution < 1.29 is 0 Å². The number of hydrogen-bond donors (Lipinski definition) is 2. The molecule has 0 aliphatic carbocycles. The lowest BCUT2D eigenvalue weighted by atomic mass is 10.2. The van der Waals surface area contributed by atoms with Gasteiger partial charge < -0.3 is 10.3 Å². The number of hydrogen-bond acceptors (Lipinski definition) is 3. The Labute approximate surface area is 107 Å². The van der Waals surface area contributed by atoms with E-state index in [1.165, 1.54) is 0 Å². The van der Waals surface area contributed by atoms with Crippen LogP contribution in [-0.4, -0.2) is 14.8 Å². The van der Waals surface area contributed by atoms with Gasteiger partial charge in [0.05, 0.1) is 0 Å². The predicted molar refractivity (Wildman–Crippen MR) is 70.7 cm³/mol. The number of pyridine rings is 1. The zero-order valence-electron chi connectivity index (χ0n) is 9.84. The average Bonchev–Trinajstić information content (AvgIpc) is 2.59. The molecule has 0 bridgehead atoms. The van der Waals surface area contributed by atoms with E-state index in [9.17, 15) is 4.79 Å². The Bertz CT molecular complexity index is 595. The lowest BCUT2D eigenvalue weighted by Crippen LogP contribution is -2.13. The molecule has 0 spiro atoms. The lowest BCUT2D eigenvalue weighted by Gasteiger charge is -2.06. The van der Waals surface area contributed by atoms with E-state index in [0.717, 1.165) is 15.7 Å². The average molecular weight is 297 g/mol. The maximum Gasteiger partial charge on any atom is 0.272 e. The smallest absolute Gasteiger partial charge is 0.272 e. The van der Waals surface area contributed by atoms with E-state index < -0.39 is 0 Å². The molecule has 2 heterocycles. The second-order valence-electron chi connectivity index (χ2n) is 3.89. The maximum atomic E-state index is 11.7. The van der Waals surface area contributed by atoms with E-state index >= 15 is 0 Å². The Morgan fingerprint density at radius 2 is 2.18 bits per heavy atom. The highest BCUT2D eigenvalue weighted by atomic mass is 79.9. The van der Waals surface area contributed by atoms with Gasteiger partial charge in [-0.3, -0.25) is 9.48 Å². The topological polar surface area (TPSA) is 62.7 Å². The van der Waals surface area contributed by atoms with Crippen LogP contribution in [0.4, 0.5) is 11.5 Å². The monoisotopic (exact) mass is 296 g/mol. The van der Waals surface area contributed by atoms with Crippen LogP contribution in [0.25, 0.3) is 0 Å². The third kappa shape index (κ3) is 2.26. The van der Waals surface area contributed by atoms with Crippen molar-refractivity contribution in [3.63, 3.8) is 0 Å². The van der Waals surface area contributed by atoms with E-state index in [1.807, 2.05) is 27.0 Å². The quantitative estimate of drug-likeness (QED) is 0.893. The van der Waals surface area contributed by atoms with Gasteiger partial charge in [0.15, 0.2) is 5.82 Å². The Morgan fingerprint density at radius 1 is 1.47 bits per heavy atom. The van der Waals surface area contributed by atoms with E-state index in [4.69, 9.17) is 0 Å². The van der Waals surface area contributed by atoms with Crippen molar-refractivity contribution >= 4 is 27.4 Å². The first-order valence-corrected chi connectivity index (χ1v) is 5.94. The minimum Gasteiger partial charge on any atom is -0.334 e. The van der Waals surface area contributed by atoms with Gasteiger partial charge in [-0.25, -0.2) is 0 Å². The highest BCUT2D eigenvalue weighted by Gasteiger charge is 2.09. The molecular formula is C11H13BrN4O. The summed E-state index contributed by atoms with van der Waals surface area (Å²) < 4.78 is 2.61. The third-order valence-corrected chi connectivity index (χ3v) is 3.48. The van der Waals surface area contributed by atoms with Gasteiger partial charge in [0, 0.05) is 29.5 Å². The molecular weight excluding hydrogens is 284 g/mol. The molecule has 0 aliphatic rings. The Kier molecular flexibility index (Phi) is 3.06. The summed E-state index contributed by atoms with van der Waals surface area (Å²) in [5, 5.41) is 7.29. The second-order valence-corrected chi connectivity index (χ2v) is 4.74. The molecule has 0 fully saturated rings. The van der Waals surface area contributed by atoms with Gasteiger partial charge in [0.1, 0.15) is 5.69 Å². The fraction of sp³-hybridized carbons (Fsp3) is 0.273. The largest absolute Gasteiger partial charge is 0.334 e. The van der Waals surface area contributed by atoms with Crippen molar-refractivity contribution in [1.29, 1.82) is 0 Å². The van der Waals surface area contributed by atoms with Crippen LogP contribution in [0.2, 0.25) is 0 Å². The number of aryl methyl sites for hydroxylation is 2. The number of halogens is 1. The Morgan fingerprint density at radius 3 is 2.76 bits per heavy atom. The number of nitrogens with zero attached hydrogens (tertiary/aromatic N) is 2. The SMILES string of the molecule is Cc1c(Br)c[nH]c(=O)c1Nc1cc(C)n(C)n1. The summed E-state index contributed by atoms with van der Waals surface area (Å²) in [6.45, 7) is 3.83. The normalized spacial score (nSPS) is 10.6. The van der Waals surface area contributed by atoms with Crippen molar-refractivity contribution in [1.82, 2.24) is 14.8 Å². The summed E-state index contributed by atoms with van der Waals surface area (Å²) in [5.41, 5.74) is 2.24. The molecule has 5 nitrogen and oxygen atoms in total. The summed E-state index contributed by atoms with van der Waals surface area (Å²) in [6.07, 6.45) is 1.63. The molecule has 6 heteroatoms. The molecule has 0 aromatic carbocycles. The summed E-state index contributed by atoms with van der Waals surface area (Å²) >= 11 is 3.38. The number of nitrogens with one attached hydrogen (secondary N) is 2. The second kappa shape index (κ2) is 4.37. The summed E-state index contributed by atoms with van der Waals surface area (Å²) in [4.78, 5) is 14.4. The van der Waals surface area contributed by atoms with Crippen LogP contribution in [0.5, 0.6) is 0 Å². The van der Waals surface area contributed by atoms with Crippen LogP contribution in [0.3, 0.4) is 0 Å². The zero-order chi connectivity index (χ0) is 12.6. The molecule has 90 valence electrons. The molecule has 0 saturated heterocycles. The van der Waals surface area contributed by atoms with Gasteiger partial charge in [0.2, 0.25) is 0 Å². The first-order valence-electron chi connectivity index (χ1n) is 5.14. The Balaban J connectivity index is 2.43. The summed E-state index contributed by atoms with van der Waals surface area (Å²) in [5.74, 6) is 0.664. The highest BCUT2D eigenvalue weighted by Crippen LogP contribution is 2.22. The molecule has 0 atom stereocenters. The minimum absolute atomic E-state index is 0.158. The van der Waals surface area contributed by atoms with E-state index in [1.54, 1.807) is 10.9 Å². The van der Waals surface area contributed by atoms with E-state index in [2.05, 4.69) is 31.3 Å². The standard InChI is InChI=1S/C11H13BrN4O/c1-6-4-9(15-16(6)3)14-10-7(2)8(12)5-13-11(10)17/h4-5H,1-3H3,(H,13,17)(H,14,15). The van der Waals surface area contributed by atoms with Gasteiger partial charge in [-0.15, -0.1) is 0 Å². The van der Waals surface area contributed by atoms with Crippen LogP contribution in [0.15, 0.2) is 21.5 Å². The minimum atomic E-state index is -0.158. The van der Waals surface area contributed by atoms with Gasteiger partial charge >= 0.3 is 0 Å². The fourth-order valence-electron chi connectivity index (χ4n) is 1.50. The highest BCUT2D eigenvalue weighted by molar-refractivity contribution is 9.10. The van der Waals surface area contributed by atoms with Gasteiger partial charge in [-0.05, 0) is 35.3 Å². The molecule has 2 N–H and O–H groups in total. The van der Waals surface area contributed by atoms with E-state index in [0.29, 0.717) is 11.5 Å². The zero-order valence-corrected chi connectivity index (χ0v) is 11.4. The number of aromatic amines is 1. The predicted octanol–water partition coefficient (Wildman–Crippen LogP) is 2.23. The third-order valence-electron chi connectivity index (χ3n) is 2.66. The number of aromatic nitrogens is 3. The van der Waals surface area contributed by atoms with Crippen LogP contribution in [0, 0.1) is 13.8 Å². The molecule has 0 aliphatic heterocycles. The maximum absolute atomic E-state index is 11.7. The van der Waals surface area contributed by atoms with Gasteiger partial charge in [0.25, 0.3) is 5.56 Å². The first-order chi connectivity index (χ1) is 7.99. The van der Waals surface area contributed by atoms with Crippen molar-refractivity contribution in [3.05, 3.63) is 38.3 Å². The molecule has 2 aromatic rings. The summed E-state index contributed by atoms with van der Waals surface area (Å²) in [7, 11) is 1.86. The van der Waals surface area contributed by atoms with Crippen molar-refractivity contribution in [2.45, 2.75) is 13.8 Å². The Hall–Kier alpha value is -1.56. The number of rotatable bonds is 2. The molecule has 2 rings (SSSR count). The van der Waals surface area contributed by atoms with Crippen molar-refractivity contribution in [2.75, 3.05) is 5.32 Å². The fourth-order valence-corrected chi connectivity index (χ4v) is 1.81. The van der Waals surface area contributed by atoms with Crippen LogP contribution in [0.1, 0.15) is 11.3 Å². The summed E-state index contributed by atoms with van der Waals surface area (Å²) in [6, 6.07) is 1.89. The molecule has 17 heavy (non-hydrogen) atoms. The van der Waals surface area contributed by atoms with Crippen LogP contribution >= 0.6 is 15.9 Å². The molecule has 0 unspecified atom stereocenters. The van der Waals surface area contributed by atoms with Crippen LogP contribution in [-0.2, 0) is 7.05 Å². The van der Waals surface area contributed by atoms with Crippen molar-refractivity contribution in [3.8, 4) is 0 Å². The van der Waals surface area contributed by atoms with Crippen LogP contribution < -0.4 is 10.9 Å².